The molecule has 0 bridgehead atoms. The summed E-state index contributed by atoms with van der Waals surface area (Å²) in [7, 11) is 0. The van der Waals surface area contributed by atoms with Crippen molar-refractivity contribution in [1.29, 1.82) is 0 Å². The maximum Gasteiger partial charge on any atom is 0.268 e. The number of thioether (sulfide) groups is 1. The van der Waals surface area contributed by atoms with Gasteiger partial charge in [0.2, 0.25) is 0 Å². The molecule has 2 aromatic rings. The Hall–Kier alpha value is -1.46. The number of carbonyl (C=O) groups excluding carboxylic acids is 1. The van der Waals surface area contributed by atoms with Crippen molar-refractivity contribution in [2.45, 2.75) is 57.1 Å². The van der Waals surface area contributed by atoms with Gasteiger partial charge in [-0.05, 0) is 64.1 Å². The number of nitrogens with zero attached hydrogens (tertiary/aromatic N) is 2. The number of fused-ring (bicyclic) bond motifs is 1. The van der Waals surface area contributed by atoms with Crippen LogP contribution in [0.15, 0.2) is 29.2 Å². The Morgan fingerprint density at radius 2 is 2.00 bits per heavy atom. The topological polar surface area (TPSA) is 37.3 Å². The molecule has 1 N–H and O–H groups in total. The monoisotopic (exact) mass is 359 g/mol. The zero-order chi connectivity index (χ0) is 18.0. The predicted octanol–water partition coefficient (Wildman–Crippen LogP) is 3.99. The van der Waals surface area contributed by atoms with Gasteiger partial charge in [-0.25, -0.2) is 0 Å². The molecule has 25 heavy (non-hydrogen) atoms. The number of carbonyl (C=O) groups is 1. The summed E-state index contributed by atoms with van der Waals surface area (Å²) in [5.74, 6) is 0.0618. The summed E-state index contributed by atoms with van der Waals surface area (Å²) in [6.07, 6.45) is 4.15. The smallest absolute Gasteiger partial charge is 0.268 e. The Bertz CT molecular complexity index is 745. The van der Waals surface area contributed by atoms with E-state index in [2.05, 4.69) is 60.0 Å². The maximum atomic E-state index is 12.9. The van der Waals surface area contributed by atoms with Crippen molar-refractivity contribution in [2.75, 3.05) is 19.3 Å². The molecule has 1 aliphatic rings. The first kappa shape index (κ1) is 18.3. The lowest BCUT2D eigenvalue weighted by Gasteiger charge is -2.34. The second kappa shape index (κ2) is 7.83. The largest absolute Gasteiger partial charge is 0.348 e. The molecule has 5 heteroatoms. The number of hydrogen-bond acceptors (Lipinski definition) is 3. The molecule has 1 fully saturated rings. The average molecular weight is 360 g/mol. The number of piperidine rings is 1. The van der Waals surface area contributed by atoms with Crippen molar-refractivity contribution in [3.8, 4) is 0 Å². The lowest BCUT2D eigenvalue weighted by atomic mass is 10.0. The van der Waals surface area contributed by atoms with Crippen LogP contribution in [0.1, 0.15) is 44.1 Å². The zero-order valence-electron chi connectivity index (χ0n) is 15.7. The minimum absolute atomic E-state index is 0.0618. The van der Waals surface area contributed by atoms with Crippen LogP contribution in [0.4, 0.5) is 0 Å². The van der Waals surface area contributed by atoms with Gasteiger partial charge in [0.25, 0.3) is 5.91 Å². The van der Waals surface area contributed by atoms with Crippen molar-refractivity contribution in [3.05, 3.63) is 30.0 Å². The van der Waals surface area contributed by atoms with Gasteiger partial charge in [0, 0.05) is 47.5 Å². The van der Waals surface area contributed by atoms with Crippen molar-refractivity contribution < 1.29 is 4.79 Å². The van der Waals surface area contributed by atoms with Gasteiger partial charge in [0.1, 0.15) is 5.69 Å². The molecule has 0 aliphatic carbocycles. The minimum atomic E-state index is 0.0618. The van der Waals surface area contributed by atoms with Crippen LogP contribution in [0.25, 0.3) is 10.9 Å². The molecule has 4 nitrogen and oxygen atoms in total. The van der Waals surface area contributed by atoms with Gasteiger partial charge in [-0.1, -0.05) is 0 Å². The summed E-state index contributed by atoms with van der Waals surface area (Å²) in [5, 5.41) is 4.41. The van der Waals surface area contributed by atoms with Gasteiger partial charge in [-0.2, -0.15) is 0 Å². The lowest BCUT2D eigenvalue weighted by molar-refractivity contribution is 0.0892. The molecular formula is C20H29N3OS. The van der Waals surface area contributed by atoms with E-state index in [0.717, 1.165) is 49.1 Å². The molecule has 0 spiro atoms. The second-order valence-electron chi connectivity index (χ2n) is 7.08. The summed E-state index contributed by atoms with van der Waals surface area (Å²) >= 11 is 1.73. The summed E-state index contributed by atoms with van der Waals surface area (Å²) in [6, 6.07) is 9.34. The first-order valence-electron chi connectivity index (χ1n) is 9.25. The zero-order valence-corrected chi connectivity index (χ0v) is 16.5. The third-order valence-corrected chi connectivity index (χ3v) is 5.98. The number of benzene rings is 1. The molecule has 3 rings (SSSR count). The molecule has 136 valence electrons. The van der Waals surface area contributed by atoms with E-state index in [4.69, 9.17) is 0 Å². The summed E-state index contributed by atoms with van der Waals surface area (Å²) < 4.78 is 2.12. The minimum Gasteiger partial charge on any atom is -0.348 e. The Labute approximate surface area is 155 Å². The van der Waals surface area contributed by atoms with Crippen LogP contribution >= 0.6 is 11.8 Å². The molecule has 0 atom stereocenters. The fourth-order valence-electron chi connectivity index (χ4n) is 3.72. The Morgan fingerprint density at radius 3 is 2.60 bits per heavy atom. The van der Waals surface area contributed by atoms with Crippen LogP contribution in [0, 0.1) is 0 Å². The highest BCUT2D eigenvalue weighted by Gasteiger charge is 2.24. The molecule has 1 saturated heterocycles. The van der Waals surface area contributed by atoms with E-state index in [1.54, 1.807) is 11.8 Å². The second-order valence-corrected chi connectivity index (χ2v) is 7.96. The molecule has 0 unspecified atom stereocenters. The third kappa shape index (κ3) is 3.87. The predicted molar refractivity (Wildman–Crippen MR) is 107 cm³/mol. The number of aryl methyl sites for hydroxylation is 1. The molecule has 2 heterocycles. The first-order chi connectivity index (χ1) is 12.0. The number of nitrogens with one attached hydrogen (secondary N) is 1. The van der Waals surface area contributed by atoms with E-state index in [1.165, 1.54) is 4.90 Å². The number of rotatable bonds is 5. The number of amides is 1. The van der Waals surface area contributed by atoms with Gasteiger partial charge in [-0.15, -0.1) is 11.8 Å². The summed E-state index contributed by atoms with van der Waals surface area (Å²) in [6.45, 7) is 9.51. The van der Waals surface area contributed by atoms with Crippen LogP contribution in [0.5, 0.6) is 0 Å². The van der Waals surface area contributed by atoms with Crippen molar-refractivity contribution in [1.82, 2.24) is 14.8 Å². The highest BCUT2D eigenvalue weighted by molar-refractivity contribution is 7.98. The normalized spacial score (nSPS) is 16.7. The number of aromatic nitrogens is 1. The van der Waals surface area contributed by atoms with Crippen molar-refractivity contribution in [2.24, 2.45) is 0 Å². The fourth-order valence-corrected chi connectivity index (χ4v) is 4.17. The molecular weight excluding hydrogens is 330 g/mol. The SMILES string of the molecule is CCn1c(C(=O)NC2CCN(C(C)C)CC2)cc2cc(SC)ccc21. The molecule has 1 aromatic heterocycles. The molecule has 0 saturated carbocycles. The Balaban J connectivity index is 1.76. The van der Waals surface area contributed by atoms with E-state index in [0.29, 0.717) is 6.04 Å². The number of likely N-dealkylation sites (tertiary alicyclic amines) is 1. The van der Waals surface area contributed by atoms with Crippen LogP contribution < -0.4 is 5.32 Å². The van der Waals surface area contributed by atoms with E-state index in [1.807, 2.05) is 6.07 Å². The standard InChI is InChI=1S/C20H29N3OS/c1-5-23-18-7-6-17(25-4)12-15(18)13-19(23)20(24)21-16-8-10-22(11-9-16)14(2)3/h6-7,12-14,16H,5,8-11H2,1-4H3,(H,21,24). The van der Waals surface area contributed by atoms with Gasteiger partial charge >= 0.3 is 0 Å². The van der Waals surface area contributed by atoms with Crippen molar-refractivity contribution in [3.63, 3.8) is 0 Å². The molecule has 0 radical (unpaired) electrons. The highest BCUT2D eigenvalue weighted by Crippen LogP contribution is 2.25. The van der Waals surface area contributed by atoms with Gasteiger partial charge in [0.15, 0.2) is 0 Å². The van der Waals surface area contributed by atoms with Gasteiger partial charge < -0.3 is 14.8 Å². The van der Waals surface area contributed by atoms with Gasteiger partial charge in [-0.3, -0.25) is 4.79 Å². The highest BCUT2D eigenvalue weighted by atomic mass is 32.2. The Kier molecular flexibility index (Phi) is 5.74. The van der Waals surface area contributed by atoms with E-state index < -0.39 is 0 Å². The molecule has 1 aliphatic heterocycles. The quantitative estimate of drug-likeness (QED) is 0.820. The number of hydrogen-bond donors (Lipinski definition) is 1. The van der Waals surface area contributed by atoms with Crippen LogP contribution in [-0.4, -0.2) is 46.8 Å². The van der Waals surface area contributed by atoms with Crippen molar-refractivity contribution >= 4 is 28.6 Å². The van der Waals surface area contributed by atoms with Crippen LogP contribution in [0.2, 0.25) is 0 Å². The average Bonchev–Trinajstić information content (AvgIpc) is 2.99. The fraction of sp³-hybridized carbons (Fsp3) is 0.550. The maximum absolute atomic E-state index is 12.9. The summed E-state index contributed by atoms with van der Waals surface area (Å²) in [5.41, 5.74) is 1.92. The van der Waals surface area contributed by atoms with E-state index in [-0.39, 0.29) is 11.9 Å². The van der Waals surface area contributed by atoms with Crippen LogP contribution in [-0.2, 0) is 6.54 Å². The van der Waals surface area contributed by atoms with Gasteiger partial charge in [0.05, 0.1) is 0 Å². The lowest BCUT2D eigenvalue weighted by Crippen LogP contribution is -2.46. The summed E-state index contributed by atoms with van der Waals surface area (Å²) in [4.78, 5) is 16.6. The molecule has 1 amide bonds. The first-order valence-corrected chi connectivity index (χ1v) is 10.5. The van der Waals surface area contributed by atoms with E-state index >= 15 is 0 Å². The third-order valence-electron chi connectivity index (χ3n) is 5.25. The van der Waals surface area contributed by atoms with E-state index in [9.17, 15) is 4.79 Å². The van der Waals surface area contributed by atoms with Crippen LogP contribution in [0.3, 0.4) is 0 Å². The molecule has 1 aromatic carbocycles. The Morgan fingerprint density at radius 1 is 1.28 bits per heavy atom.